The number of fused-ring (bicyclic) bond motifs is 1. The summed E-state index contributed by atoms with van der Waals surface area (Å²) in [5.41, 5.74) is 0.547. The topological polar surface area (TPSA) is 144 Å². The number of carbonyl (C=O) groups excluding carboxylic acids is 2. The molecule has 0 spiro atoms. The molecular weight excluding hydrogens is 569 g/mol. The number of benzene rings is 2. The first-order valence-electron chi connectivity index (χ1n) is 12.9. The lowest BCUT2D eigenvalue weighted by atomic mass is 9.89. The summed E-state index contributed by atoms with van der Waals surface area (Å²) in [5, 5.41) is 24.9. The standard InChI is InChI=1S/C27H27F3N6O3.C2H4O2/c1-16-22(24(37)39-5)23(21-10-9-17(15-31)13-18(21)11-12-36(2,3)4)35-25(32-33-26(35)38)34(16)20-8-6-7-19(14-20)27(28,29)30;1-2(3)4/h6-10,13-14,23H,11-12H2,1-5H3;1H3,(H,3,4)/t23-;/m1./s1. The number of aliphatic carboxylic acids is 1. The van der Waals surface area contributed by atoms with Crippen LogP contribution in [0.4, 0.5) is 24.8 Å². The molecule has 1 aliphatic rings. The predicted molar refractivity (Wildman–Crippen MR) is 148 cm³/mol. The molecule has 3 aromatic rings. The van der Waals surface area contributed by atoms with Gasteiger partial charge in [-0.15, -0.1) is 5.10 Å². The monoisotopic (exact) mass is 600 g/mol. The highest BCUT2D eigenvalue weighted by atomic mass is 19.4. The second-order valence-corrected chi connectivity index (χ2v) is 10.8. The molecule has 0 radical (unpaired) electrons. The van der Waals surface area contributed by atoms with Crippen LogP contribution in [0, 0.1) is 11.3 Å². The molecule has 2 aromatic carbocycles. The van der Waals surface area contributed by atoms with Crippen molar-refractivity contribution < 1.29 is 37.1 Å². The summed E-state index contributed by atoms with van der Waals surface area (Å²) >= 11 is 0. The van der Waals surface area contributed by atoms with Gasteiger partial charge in [-0.2, -0.15) is 18.4 Å². The largest absolute Gasteiger partial charge is 0.550 e. The van der Waals surface area contributed by atoms with Crippen molar-refractivity contribution in [2.24, 2.45) is 0 Å². The quantitative estimate of drug-likeness (QED) is 0.336. The number of esters is 1. The number of methoxy groups -OCH3 is 1. The summed E-state index contributed by atoms with van der Waals surface area (Å²) in [5.74, 6) is -1.83. The highest BCUT2D eigenvalue weighted by molar-refractivity contribution is 5.93. The number of halogens is 3. The third-order valence-corrected chi connectivity index (χ3v) is 6.60. The Kier molecular flexibility index (Phi) is 9.51. The number of carboxylic acid groups (broad SMARTS) is 1. The van der Waals surface area contributed by atoms with Gasteiger partial charge in [0.15, 0.2) is 0 Å². The maximum atomic E-state index is 13.5. The summed E-state index contributed by atoms with van der Waals surface area (Å²) in [6.07, 6.45) is -4.08. The van der Waals surface area contributed by atoms with Crippen molar-refractivity contribution >= 4 is 23.6 Å². The highest BCUT2D eigenvalue weighted by Crippen LogP contribution is 2.43. The smallest absolute Gasteiger partial charge is 0.416 e. The number of hydrogen-bond acceptors (Lipinski definition) is 8. The van der Waals surface area contributed by atoms with Crippen molar-refractivity contribution in [3.8, 4) is 6.07 Å². The number of rotatable bonds is 6. The highest BCUT2D eigenvalue weighted by Gasteiger charge is 2.41. The molecule has 0 saturated carbocycles. The molecule has 0 aliphatic carbocycles. The number of nitrogens with one attached hydrogen (secondary N) is 1. The number of anilines is 2. The maximum absolute atomic E-state index is 13.5. The van der Waals surface area contributed by atoms with Gasteiger partial charge in [-0.1, -0.05) is 12.1 Å². The van der Waals surface area contributed by atoms with Crippen LogP contribution in [-0.4, -0.2) is 66.0 Å². The number of aromatic amines is 1. The van der Waals surface area contributed by atoms with Gasteiger partial charge < -0.3 is 19.1 Å². The molecule has 0 amide bonds. The Labute approximate surface area is 245 Å². The number of ether oxygens (including phenoxy) is 1. The Morgan fingerprint density at radius 2 is 1.84 bits per heavy atom. The fourth-order valence-corrected chi connectivity index (χ4v) is 4.69. The molecule has 4 rings (SSSR count). The third-order valence-electron chi connectivity index (χ3n) is 6.60. The number of likely N-dealkylation sites (N-methyl/N-ethyl adjacent to an activating group) is 1. The summed E-state index contributed by atoms with van der Waals surface area (Å²) in [6.45, 7) is 3.23. The van der Waals surface area contributed by atoms with Crippen molar-refractivity contribution in [2.75, 3.05) is 39.7 Å². The molecule has 1 aliphatic heterocycles. The molecule has 1 aromatic heterocycles. The average Bonchev–Trinajstić information content (AvgIpc) is 3.30. The molecule has 0 fully saturated rings. The van der Waals surface area contributed by atoms with Gasteiger partial charge >= 0.3 is 17.8 Å². The number of nitrogens with zero attached hydrogens (tertiary/aromatic N) is 5. The molecule has 0 unspecified atom stereocenters. The minimum Gasteiger partial charge on any atom is -0.550 e. The molecule has 0 bridgehead atoms. The van der Waals surface area contributed by atoms with Crippen LogP contribution in [-0.2, 0) is 26.9 Å². The van der Waals surface area contributed by atoms with Crippen LogP contribution in [0.25, 0.3) is 0 Å². The zero-order valence-corrected chi connectivity index (χ0v) is 24.4. The Balaban J connectivity index is 0.00000119. The number of H-pyrrole nitrogens is 1. The minimum atomic E-state index is -4.61. The van der Waals surface area contributed by atoms with E-state index >= 15 is 0 Å². The Morgan fingerprint density at radius 1 is 1.19 bits per heavy atom. The second kappa shape index (κ2) is 12.5. The van der Waals surface area contributed by atoms with Crippen molar-refractivity contribution in [3.05, 3.63) is 86.5 Å². The van der Waals surface area contributed by atoms with Crippen LogP contribution in [0.1, 0.15) is 42.1 Å². The summed E-state index contributed by atoms with van der Waals surface area (Å²) in [4.78, 5) is 36.7. The predicted octanol–water partition coefficient (Wildman–Crippen LogP) is 2.65. The van der Waals surface area contributed by atoms with Gasteiger partial charge in [0.05, 0.1) is 57.6 Å². The average molecular weight is 601 g/mol. The lowest BCUT2D eigenvalue weighted by molar-refractivity contribution is -0.870. The molecule has 14 heteroatoms. The number of allylic oxidation sites excluding steroid dienone is 1. The first-order valence-corrected chi connectivity index (χ1v) is 12.9. The van der Waals surface area contributed by atoms with E-state index in [2.05, 4.69) is 16.3 Å². The van der Waals surface area contributed by atoms with Crippen molar-refractivity contribution in [1.29, 1.82) is 5.26 Å². The molecule has 228 valence electrons. The van der Waals surface area contributed by atoms with Gasteiger partial charge in [0.1, 0.15) is 6.04 Å². The Morgan fingerprint density at radius 3 is 2.40 bits per heavy atom. The summed E-state index contributed by atoms with van der Waals surface area (Å²) in [6, 6.07) is 10.7. The van der Waals surface area contributed by atoms with Crippen LogP contribution in [0.3, 0.4) is 0 Å². The van der Waals surface area contributed by atoms with Crippen LogP contribution >= 0.6 is 0 Å². The van der Waals surface area contributed by atoms with Gasteiger partial charge in [0.2, 0.25) is 5.95 Å². The molecule has 0 saturated heterocycles. The molecule has 1 atom stereocenters. The van der Waals surface area contributed by atoms with Crippen molar-refractivity contribution in [1.82, 2.24) is 14.8 Å². The van der Waals surface area contributed by atoms with Crippen molar-refractivity contribution in [3.63, 3.8) is 0 Å². The van der Waals surface area contributed by atoms with Crippen LogP contribution < -0.4 is 15.7 Å². The van der Waals surface area contributed by atoms with E-state index in [4.69, 9.17) is 14.6 Å². The zero-order chi connectivity index (χ0) is 32.3. The van der Waals surface area contributed by atoms with Gasteiger partial charge in [-0.3, -0.25) is 4.90 Å². The normalized spacial score (nSPS) is 14.8. The molecular formula is C29H31F3N6O5. The van der Waals surface area contributed by atoms with Gasteiger partial charge in [0, 0.05) is 23.8 Å². The second-order valence-electron chi connectivity index (χ2n) is 10.8. The number of quaternary nitrogens is 1. The number of hydrogen-bond donors (Lipinski definition) is 1. The van der Waals surface area contributed by atoms with Crippen LogP contribution in [0.15, 0.2) is 58.5 Å². The molecule has 1 N–H and O–H groups in total. The number of carbonyl (C=O) groups is 2. The van der Waals surface area contributed by atoms with Gasteiger partial charge in [0.25, 0.3) is 0 Å². The van der Waals surface area contributed by atoms with E-state index in [1.807, 2.05) is 21.1 Å². The van der Waals surface area contributed by atoms with E-state index in [1.165, 1.54) is 28.7 Å². The Hall–Kier alpha value is -4.90. The SMILES string of the molecule is CC(=O)[O-].COC(=O)C1=C(C)N(c2cccc(C(F)(F)F)c2)c2n[nH]c(=O)n2[C@@H]1c1ccc(C#N)cc1CC[N+](C)(C)C. The summed E-state index contributed by atoms with van der Waals surface area (Å²) < 4.78 is 47.6. The molecule has 11 nitrogen and oxygen atoms in total. The fourth-order valence-electron chi connectivity index (χ4n) is 4.69. The number of alkyl halides is 3. The van der Waals surface area contributed by atoms with E-state index in [-0.39, 0.29) is 22.9 Å². The first-order chi connectivity index (χ1) is 20.0. The lowest BCUT2D eigenvalue weighted by Crippen LogP contribution is -2.39. The first kappa shape index (κ1) is 32.6. The lowest BCUT2D eigenvalue weighted by Gasteiger charge is -2.36. The number of carboxylic acids is 1. The Bertz CT molecular complexity index is 1660. The van der Waals surface area contributed by atoms with Gasteiger partial charge in [-0.25, -0.2) is 19.3 Å². The zero-order valence-electron chi connectivity index (χ0n) is 24.4. The van der Waals surface area contributed by atoms with Crippen molar-refractivity contribution in [2.45, 2.75) is 32.5 Å². The van der Waals surface area contributed by atoms with E-state index in [0.717, 1.165) is 24.6 Å². The van der Waals surface area contributed by atoms with Crippen LogP contribution in [0.5, 0.6) is 0 Å². The van der Waals surface area contributed by atoms with E-state index < -0.39 is 35.4 Å². The summed E-state index contributed by atoms with van der Waals surface area (Å²) in [7, 11) is 7.25. The van der Waals surface area contributed by atoms with Crippen LogP contribution in [0.2, 0.25) is 0 Å². The number of aromatic nitrogens is 3. The van der Waals surface area contributed by atoms with E-state index in [9.17, 15) is 28.0 Å². The van der Waals surface area contributed by atoms with E-state index in [0.29, 0.717) is 28.6 Å². The van der Waals surface area contributed by atoms with E-state index in [1.54, 1.807) is 25.1 Å². The number of nitriles is 1. The van der Waals surface area contributed by atoms with Gasteiger partial charge in [-0.05, 0) is 55.3 Å². The maximum Gasteiger partial charge on any atom is 0.416 e. The molecule has 2 heterocycles. The third kappa shape index (κ3) is 7.31. The fraction of sp³-hybridized carbons (Fsp3) is 0.345. The minimum absolute atomic E-state index is 0.0105. The molecule has 43 heavy (non-hydrogen) atoms.